The first-order valence-electron chi connectivity index (χ1n) is 5.60. The lowest BCUT2D eigenvalue weighted by molar-refractivity contribution is -0.266. The van der Waals surface area contributed by atoms with E-state index >= 15 is 0 Å². The molecular weight excluding hydrogens is 300 g/mol. The lowest BCUT2D eigenvalue weighted by atomic mass is 10.2. The average molecular weight is 314 g/mol. The van der Waals surface area contributed by atoms with Crippen LogP contribution in [0.2, 0.25) is 0 Å². The molecule has 0 aromatic rings. The lowest BCUT2D eigenvalue weighted by Gasteiger charge is -2.19. The van der Waals surface area contributed by atoms with Gasteiger partial charge in [0.15, 0.2) is 13.2 Å². The minimum absolute atomic E-state index is 0.665. The van der Waals surface area contributed by atoms with E-state index in [0.29, 0.717) is 12.2 Å². The Kier molecular flexibility index (Phi) is 7.64. The van der Waals surface area contributed by atoms with Gasteiger partial charge in [0.05, 0.1) is 6.61 Å². The number of hydrogen-bond donors (Lipinski definition) is 0. The minimum Gasteiger partial charge on any atom is -0.456 e. The zero-order chi connectivity index (χ0) is 16.5. The summed E-state index contributed by atoms with van der Waals surface area (Å²) in [6, 6.07) is 0. The Morgan fingerprint density at radius 2 is 1.43 bits per heavy atom. The highest BCUT2D eigenvalue weighted by molar-refractivity contribution is 5.81. The van der Waals surface area contributed by atoms with E-state index in [2.05, 4.69) is 27.4 Å². The van der Waals surface area contributed by atoms with Crippen LogP contribution in [0.4, 0.5) is 17.6 Å². The second kappa shape index (κ2) is 8.40. The van der Waals surface area contributed by atoms with Crippen molar-refractivity contribution in [3.05, 3.63) is 25.3 Å². The maximum Gasteiger partial charge on any atom is 0.389 e. The van der Waals surface area contributed by atoms with E-state index in [1.54, 1.807) is 0 Å². The van der Waals surface area contributed by atoms with Gasteiger partial charge < -0.3 is 14.2 Å². The van der Waals surface area contributed by atoms with Crippen LogP contribution in [0.5, 0.6) is 0 Å². The van der Waals surface area contributed by atoms with Gasteiger partial charge in [0.1, 0.15) is 0 Å². The highest BCUT2D eigenvalue weighted by Crippen LogP contribution is 2.22. The van der Waals surface area contributed by atoms with Gasteiger partial charge in [0.25, 0.3) is 5.92 Å². The number of halogens is 4. The summed E-state index contributed by atoms with van der Waals surface area (Å²) in [6.45, 7) is 2.26. The summed E-state index contributed by atoms with van der Waals surface area (Å²) in [5.41, 5.74) is 0. The Bertz CT molecular complexity index is 359. The SMILES string of the molecule is C=CC(=O)OCC(F)(F)CCOC(F)(F)COC(=O)C=C. The zero-order valence-corrected chi connectivity index (χ0v) is 11.0. The fourth-order valence-electron chi connectivity index (χ4n) is 0.913. The average Bonchev–Trinajstić information content (AvgIpc) is 2.41. The summed E-state index contributed by atoms with van der Waals surface area (Å²) >= 11 is 0. The quantitative estimate of drug-likeness (QED) is 0.351. The minimum atomic E-state index is -3.91. The third-order valence-electron chi connectivity index (χ3n) is 1.92. The molecule has 0 N–H and O–H groups in total. The second-order valence-electron chi connectivity index (χ2n) is 3.72. The number of alkyl halides is 4. The summed E-state index contributed by atoms with van der Waals surface area (Å²) in [7, 11) is 0. The molecule has 0 fully saturated rings. The molecule has 0 bridgehead atoms. The van der Waals surface area contributed by atoms with Crippen LogP contribution >= 0.6 is 0 Å². The molecule has 0 aliphatic carbocycles. The van der Waals surface area contributed by atoms with E-state index in [0.717, 1.165) is 0 Å². The smallest absolute Gasteiger partial charge is 0.389 e. The van der Waals surface area contributed by atoms with Gasteiger partial charge in [-0.05, 0) is 0 Å². The molecule has 5 nitrogen and oxygen atoms in total. The summed E-state index contributed by atoms with van der Waals surface area (Å²) in [5.74, 6) is -5.69. The van der Waals surface area contributed by atoms with E-state index < -0.39 is 50.2 Å². The number of esters is 2. The first-order chi connectivity index (χ1) is 9.62. The predicted molar refractivity (Wildman–Crippen MR) is 62.8 cm³/mol. The molecule has 120 valence electrons. The standard InChI is InChI=1S/C12H14F4O5/c1-3-9(17)19-7-11(13,14)5-6-21-12(15,16)8-20-10(18)4-2/h3-4H,1-2,5-8H2. The van der Waals surface area contributed by atoms with E-state index in [9.17, 15) is 27.2 Å². The van der Waals surface area contributed by atoms with Crippen molar-refractivity contribution >= 4 is 11.9 Å². The Labute approximate surface area is 118 Å². The molecule has 0 spiro atoms. The maximum atomic E-state index is 13.1. The molecule has 0 radical (unpaired) electrons. The number of hydrogen-bond acceptors (Lipinski definition) is 5. The molecule has 0 heterocycles. The number of ether oxygens (including phenoxy) is 3. The maximum absolute atomic E-state index is 13.1. The normalized spacial score (nSPS) is 11.6. The summed E-state index contributed by atoms with van der Waals surface area (Å²) < 4.78 is 64.3. The Balaban J connectivity index is 4.08. The van der Waals surface area contributed by atoms with Gasteiger partial charge in [-0.25, -0.2) is 18.4 Å². The molecule has 0 saturated heterocycles. The van der Waals surface area contributed by atoms with E-state index in [1.807, 2.05) is 0 Å². The van der Waals surface area contributed by atoms with Gasteiger partial charge in [-0.15, -0.1) is 0 Å². The summed E-state index contributed by atoms with van der Waals surface area (Å²) in [4.78, 5) is 21.2. The Morgan fingerprint density at radius 1 is 0.952 bits per heavy atom. The van der Waals surface area contributed by atoms with Crippen molar-refractivity contribution < 1.29 is 41.4 Å². The van der Waals surface area contributed by atoms with Crippen LogP contribution in [-0.4, -0.2) is 43.8 Å². The summed E-state index contributed by atoms with van der Waals surface area (Å²) in [6.07, 6.45) is -3.66. The Hall–Kier alpha value is -1.90. The molecule has 0 aliphatic rings. The van der Waals surface area contributed by atoms with Gasteiger partial charge in [0.2, 0.25) is 0 Å². The molecule has 0 rings (SSSR count). The topological polar surface area (TPSA) is 61.8 Å². The number of rotatable bonds is 10. The van der Waals surface area contributed by atoms with Crippen LogP contribution in [0.25, 0.3) is 0 Å². The van der Waals surface area contributed by atoms with E-state index in [-0.39, 0.29) is 0 Å². The van der Waals surface area contributed by atoms with Gasteiger partial charge in [0, 0.05) is 18.6 Å². The third-order valence-corrected chi connectivity index (χ3v) is 1.92. The molecule has 0 unspecified atom stereocenters. The fraction of sp³-hybridized carbons (Fsp3) is 0.500. The van der Waals surface area contributed by atoms with Gasteiger partial charge in [-0.3, -0.25) is 0 Å². The van der Waals surface area contributed by atoms with Crippen molar-refractivity contribution in [2.24, 2.45) is 0 Å². The van der Waals surface area contributed by atoms with Crippen molar-refractivity contribution in [1.29, 1.82) is 0 Å². The van der Waals surface area contributed by atoms with Crippen LogP contribution in [0.1, 0.15) is 6.42 Å². The summed E-state index contributed by atoms with van der Waals surface area (Å²) in [5, 5.41) is 0. The lowest BCUT2D eigenvalue weighted by Crippen LogP contribution is -2.32. The van der Waals surface area contributed by atoms with Gasteiger partial charge in [-0.2, -0.15) is 8.78 Å². The largest absolute Gasteiger partial charge is 0.456 e. The molecular formula is C12H14F4O5. The first-order valence-corrected chi connectivity index (χ1v) is 5.60. The van der Waals surface area contributed by atoms with Gasteiger partial charge in [-0.1, -0.05) is 13.2 Å². The van der Waals surface area contributed by atoms with Crippen molar-refractivity contribution in [1.82, 2.24) is 0 Å². The Morgan fingerprint density at radius 3 is 1.90 bits per heavy atom. The van der Waals surface area contributed by atoms with E-state index in [1.165, 1.54) is 0 Å². The van der Waals surface area contributed by atoms with Crippen LogP contribution in [0.15, 0.2) is 25.3 Å². The van der Waals surface area contributed by atoms with Crippen molar-refractivity contribution in [3.63, 3.8) is 0 Å². The highest BCUT2D eigenvalue weighted by atomic mass is 19.3. The predicted octanol–water partition coefficient (Wildman–Crippen LogP) is 2.08. The van der Waals surface area contributed by atoms with Crippen LogP contribution in [0.3, 0.4) is 0 Å². The molecule has 0 aromatic carbocycles. The van der Waals surface area contributed by atoms with E-state index in [4.69, 9.17) is 0 Å². The monoisotopic (exact) mass is 314 g/mol. The molecule has 21 heavy (non-hydrogen) atoms. The van der Waals surface area contributed by atoms with Crippen LogP contribution in [-0.2, 0) is 23.8 Å². The molecule has 0 aliphatic heterocycles. The fourth-order valence-corrected chi connectivity index (χ4v) is 0.913. The second-order valence-corrected chi connectivity index (χ2v) is 3.72. The number of carbonyl (C=O) groups excluding carboxylic acids is 2. The first kappa shape index (κ1) is 19.1. The van der Waals surface area contributed by atoms with Crippen LogP contribution < -0.4 is 0 Å². The molecule has 9 heteroatoms. The molecule has 0 amide bonds. The van der Waals surface area contributed by atoms with Gasteiger partial charge >= 0.3 is 18.0 Å². The zero-order valence-electron chi connectivity index (χ0n) is 11.0. The van der Waals surface area contributed by atoms with Crippen molar-refractivity contribution in [2.45, 2.75) is 18.5 Å². The molecule has 0 aromatic heterocycles. The van der Waals surface area contributed by atoms with Crippen molar-refractivity contribution in [3.8, 4) is 0 Å². The highest BCUT2D eigenvalue weighted by Gasteiger charge is 2.36. The molecule has 0 atom stereocenters. The van der Waals surface area contributed by atoms with Crippen molar-refractivity contribution in [2.75, 3.05) is 19.8 Å². The van der Waals surface area contributed by atoms with Crippen LogP contribution in [0, 0.1) is 0 Å². The number of carbonyl (C=O) groups is 2. The third kappa shape index (κ3) is 9.61. The molecule has 0 saturated carbocycles.